The van der Waals surface area contributed by atoms with Crippen molar-refractivity contribution in [2.75, 3.05) is 0 Å². The lowest BCUT2D eigenvalue weighted by Gasteiger charge is -1.98. The van der Waals surface area contributed by atoms with Crippen molar-refractivity contribution in [3.05, 3.63) is 24.3 Å². The highest BCUT2D eigenvalue weighted by Gasteiger charge is 2.08. The van der Waals surface area contributed by atoms with Crippen molar-refractivity contribution in [1.29, 1.82) is 0 Å². The molecule has 1 aromatic carbocycles. The van der Waals surface area contributed by atoms with Crippen molar-refractivity contribution in [2.24, 2.45) is 0 Å². The Bertz CT molecular complexity index is 397. The van der Waals surface area contributed by atoms with Gasteiger partial charge in [0.2, 0.25) is 0 Å². The second-order valence-electron chi connectivity index (χ2n) is 2.16. The van der Waals surface area contributed by atoms with Gasteiger partial charge in [-0.25, -0.2) is 0 Å². The molecular weight excluding hydrogens is 210 g/mol. The number of carbonyl (C=O) groups excluding carboxylic acids is 1. The predicted octanol–water partition coefficient (Wildman–Crippen LogP) is 0.631. The quantitative estimate of drug-likeness (QED) is 0.569. The molecule has 0 atom stereocenters. The molecule has 14 heavy (non-hydrogen) atoms. The summed E-state index contributed by atoms with van der Waals surface area (Å²) >= 11 is 0. The fraction of sp³-hybridized carbons (Fsp3) is 0. The summed E-state index contributed by atoms with van der Waals surface area (Å²) in [4.78, 5) is 9.62. The zero-order chi connectivity index (χ0) is 9.90. The molecule has 1 rings (SSSR count). The smallest absolute Gasteiger partial charge is 0.298 e. The van der Waals surface area contributed by atoms with Crippen LogP contribution in [-0.2, 0) is 14.9 Å². The molecule has 0 aromatic heterocycles. The molecule has 0 spiro atoms. The molecular formula is C7H9NO5S. The summed E-state index contributed by atoms with van der Waals surface area (Å²) in [5.74, 6) is 0.211. The van der Waals surface area contributed by atoms with E-state index in [1.54, 1.807) is 0 Å². The van der Waals surface area contributed by atoms with Crippen molar-refractivity contribution >= 4 is 16.6 Å². The number of rotatable bonds is 3. The lowest BCUT2D eigenvalue weighted by molar-refractivity contribution is -0.120. The Balaban J connectivity index is 0.00000169. The minimum absolute atomic E-state index is 0. The Hall–Kier alpha value is -1.44. The molecule has 0 heterocycles. The van der Waals surface area contributed by atoms with Crippen molar-refractivity contribution < 1.29 is 22.5 Å². The first-order valence-corrected chi connectivity index (χ1v) is 4.66. The average Bonchev–Trinajstić information content (AvgIpc) is 2.04. The van der Waals surface area contributed by atoms with Gasteiger partial charge in [0.15, 0.2) is 0 Å². The molecule has 0 saturated carbocycles. The Kier molecular flexibility index (Phi) is 4.22. The number of benzene rings is 1. The molecule has 0 aliphatic heterocycles. The first kappa shape index (κ1) is 12.6. The lowest BCUT2D eigenvalue weighted by atomic mass is 10.3. The van der Waals surface area contributed by atoms with Gasteiger partial charge in [0.1, 0.15) is 5.75 Å². The van der Waals surface area contributed by atoms with Gasteiger partial charge in [0.25, 0.3) is 16.6 Å². The molecule has 0 radical (unpaired) electrons. The maximum atomic E-state index is 10.5. The van der Waals surface area contributed by atoms with Crippen LogP contribution in [0.2, 0.25) is 0 Å². The standard InChI is InChI=1S/C7H6O5S.H3N/c8-5-12-6-1-3-7(4-2-6)13(9,10)11;/h1-5H,(H,9,10,11);1H3. The number of hydrogen-bond donors (Lipinski definition) is 2. The van der Waals surface area contributed by atoms with Gasteiger partial charge in [-0.2, -0.15) is 8.42 Å². The van der Waals surface area contributed by atoms with Gasteiger partial charge in [-0.05, 0) is 24.3 Å². The molecule has 78 valence electrons. The molecule has 1 aromatic rings. The average molecular weight is 219 g/mol. The molecule has 4 N–H and O–H groups in total. The van der Waals surface area contributed by atoms with E-state index < -0.39 is 10.1 Å². The second kappa shape index (κ2) is 4.70. The highest BCUT2D eigenvalue weighted by molar-refractivity contribution is 7.85. The molecule has 7 heteroatoms. The van der Waals surface area contributed by atoms with E-state index in [-0.39, 0.29) is 23.3 Å². The first-order valence-electron chi connectivity index (χ1n) is 3.22. The van der Waals surface area contributed by atoms with Gasteiger partial charge in [0, 0.05) is 0 Å². The maximum absolute atomic E-state index is 10.5. The molecule has 0 bridgehead atoms. The number of ether oxygens (including phenoxy) is 1. The third-order valence-electron chi connectivity index (χ3n) is 1.31. The molecule has 0 fully saturated rings. The van der Waals surface area contributed by atoms with Crippen LogP contribution in [-0.4, -0.2) is 19.4 Å². The van der Waals surface area contributed by atoms with Crippen LogP contribution in [0, 0.1) is 0 Å². The van der Waals surface area contributed by atoms with E-state index in [4.69, 9.17) is 4.55 Å². The summed E-state index contributed by atoms with van der Waals surface area (Å²) in [6.07, 6.45) is 0. The van der Waals surface area contributed by atoms with Crippen LogP contribution < -0.4 is 10.9 Å². The summed E-state index contributed by atoms with van der Waals surface area (Å²) in [6.45, 7) is 0.225. The van der Waals surface area contributed by atoms with Crippen molar-refractivity contribution in [3.8, 4) is 5.75 Å². The van der Waals surface area contributed by atoms with E-state index in [0.29, 0.717) is 0 Å². The highest BCUT2D eigenvalue weighted by Crippen LogP contribution is 2.14. The molecule has 0 aliphatic carbocycles. The summed E-state index contributed by atoms with van der Waals surface area (Å²) in [6, 6.07) is 4.79. The number of carbonyl (C=O) groups is 1. The van der Waals surface area contributed by atoms with Crippen molar-refractivity contribution in [3.63, 3.8) is 0 Å². The van der Waals surface area contributed by atoms with Gasteiger partial charge in [-0.1, -0.05) is 0 Å². The minimum atomic E-state index is -4.18. The van der Waals surface area contributed by atoms with E-state index in [2.05, 4.69) is 4.74 Å². The molecule has 0 saturated heterocycles. The summed E-state index contributed by atoms with van der Waals surface area (Å²) < 4.78 is 34.1. The van der Waals surface area contributed by atoms with Gasteiger partial charge >= 0.3 is 0 Å². The predicted molar refractivity (Wildman–Crippen MR) is 48.0 cm³/mol. The van der Waals surface area contributed by atoms with Crippen molar-refractivity contribution in [2.45, 2.75) is 4.90 Å². The maximum Gasteiger partial charge on any atom is 0.298 e. The Morgan fingerprint density at radius 3 is 2.07 bits per heavy atom. The largest absolute Gasteiger partial charge is 0.429 e. The third kappa shape index (κ3) is 3.13. The topological polar surface area (TPSA) is 116 Å². The summed E-state index contributed by atoms with van der Waals surface area (Å²) in [5, 5.41) is 0. The van der Waals surface area contributed by atoms with E-state index in [9.17, 15) is 13.2 Å². The summed E-state index contributed by atoms with van der Waals surface area (Å²) in [5.41, 5.74) is 0. The fourth-order valence-corrected chi connectivity index (χ4v) is 1.23. The van der Waals surface area contributed by atoms with Crippen LogP contribution >= 0.6 is 0 Å². The van der Waals surface area contributed by atoms with Crippen LogP contribution in [0.5, 0.6) is 5.75 Å². The van der Waals surface area contributed by atoms with Crippen LogP contribution in [0.4, 0.5) is 0 Å². The first-order chi connectivity index (χ1) is 6.04. The lowest BCUT2D eigenvalue weighted by Crippen LogP contribution is -1.97. The third-order valence-corrected chi connectivity index (χ3v) is 2.17. The van der Waals surface area contributed by atoms with Crippen LogP contribution in [0.1, 0.15) is 0 Å². The van der Waals surface area contributed by atoms with Crippen molar-refractivity contribution in [1.82, 2.24) is 6.15 Å². The second-order valence-corrected chi connectivity index (χ2v) is 3.58. The van der Waals surface area contributed by atoms with Crippen LogP contribution in [0.25, 0.3) is 0 Å². The Labute approximate surface area is 80.8 Å². The van der Waals surface area contributed by atoms with Crippen LogP contribution in [0.3, 0.4) is 0 Å². The van der Waals surface area contributed by atoms with E-state index in [0.717, 1.165) is 12.1 Å². The molecule has 6 nitrogen and oxygen atoms in total. The molecule has 0 amide bonds. The summed E-state index contributed by atoms with van der Waals surface area (Å²) in [7, 11) is -4.18. The fourth-order valence-electron chi connectivity index (χ4n) is 0.746. The molecule has 0 unspecified atom stereocenters. The minimum Gasteiger partial charge on any atom is -0.429 e. The Morgan fingerprint density at radius 1 is 1.21 bits per heavy atom. The van der Waals surface area contributed by atoms with Gasteiger partial charge < -0.3 is 10.9 Å². The van der Waals surface area contributed by atoms with Gasteiger partial charge in [-0.3, -0.25) is 9.35 Å². The van der Waals surface area contributed by atoms with E-state index in [1.807, 2.05) is 0 Å². The SMILES string of the molecule is N.O=COc1ccc(S(=O)(=O)O)cc1. The normalized spacial score (nSPS) is 10.1. The van der Waals surface area contributed by atoms with E-state index in [1.165, 1.54) is 12.1 Å². The van der Waals surface area contributed by atoms with Gasteiger partial charge in [-0.15, -0.1) is 0 Å². The zero-order valence-electron chi connectivity index (χ0n) is 7.08. The van der Waals surface area contributed by atoms with Gasteiger partial charge in [0.05, 0.1) is 4.90 Å². The molecule has 0 aliphatic rings. The van der Waals surface area contributed by atoms with Crippen LogP contribution in [0.15, 0.2) is 29.2 Å². The van der Waals surface area contributed by atoms with E-state index >= 15 is 0 Å². The zero-order valence-corrected chi connectivity index (χ0v) is 7.90. The Morgan fingerprint density at radius 2 is 1.71 bits per heavy atom. The highest BCUT2D eigenvalue weighted by atomic mass is 32.2. The number of hydrogen-bond acceptors (Lipinski definition) is 5. The monoisotopic (exact) mass is 219 g/mol.